The molecule has 1 rings (SSSR count). The van der Waals surface area contributed by atoms with Crippen molar-refractivity contribution in [1.82, 2.24) is 0 Å². The van der Waals surface area contributed by atoms with E-state index in [0.29, 0.717) is 6.10 Å². The molecule has 0 aromatic rings. The van der Waals surface area contributed by atoms with E-state index >= 15 is 0 Å². The Morgan fingerprint density at radius 1 is 1.75 bits per heavy atom. The second-order valence-electron chi connectivity index (χ2n) is 1.96. The summed E-state index contributed by atoms with van der Waals surface area (Å²) < 4.78 is 4.95. The zero-order chi connectivity index (χ0) is 5.98. The minimum Gasteiger partial charge on any atom is -0.423 e. The molecule has 0 bridgehead atoms. The SMILES string of the molecule is C=CB(O)OC1CC1. The van der Waals surface area contributed by atoms with Crippen molar-refractivity contribution in [1.29, 1.82) is 0 Å². The lowest BCUT2D eigenvalue weighted by Crippen LogP contribution is -2.15. The minimum atomic E-state index is -0.748. The summed E-state index contributed by atoms with van der Waals surface area (Å²) in [5, 5.41) is 8.73. The Labute approximate surface area is 49.3 Å². The molecule has 0 atom stereocenters. The van der Waals surface area contributed by atoms with Crippen LogP contribution in [0.25, 0.3) is 0 Å². The summed E-state index contributed by atoms with van der Waals surface area (Å²) in [5.74, 6) is 1.39. The first-order chi connectivity index (χ1) is 3.83. The van der Waals surface area contributed by atoms with Crippen LogP contribution in [0, 0.1) is 0 Å². The van der Waals surface area contributed by atoms with Crippen LogP contribution in [0.15, 0.2) is 12.6 Å². The van der Waals surface area contributed by atoms with Crippen molar-refractivity contribution in [3.63, 3.8) is 0 Å². The van der Waals surface area contributed by atoms with Crippen LogP contribution >= 0.6 is 0 Å². The van der Waals surface area contributed by atoms with Crippen LogP contribution in [0.2, 0.25) is 0 Å². The maximum atomic E-state index is 8.73. The van der Waals surface area contributed by atoms with Crippen LogP contribution in [-0.2, 0) is 4.65 Å². The van der Waals surface area contributed by atoms with Gasteiger partial charge in [-0.25, -0.2) is 0 Å². The maximum Gasteiger partial charge on any atom is 0.483 e. The van der Waals surface area contributed by atoms with Crippen LogP contribution in [0.1, 0.15) is 12.8 Å². The molecule has 0 spiro atoms. The average Bonchev–Trinajstić information content (AvgIpc) is 2.50. The van der Waals surface area contributed by atoms with Crippen molar-refractivity contribution in [2.45, 2.75) is 18.9 Å². The highest BCUT2D eigenvalue weighted by atomic mass is 16.5. The van der Waals surface area contributed by atoms with Gasteiger partial charge in [0.1, 0.15) is 0 Å². The van der Waals surface area contributed by atoms with E-state index in [0.717, 1.165) is 12.8 Å². The molecule has 0 heterocycles. The average molecular weight is 112 g/mol. The van der Waals surface area contributed by atoms with Crippen molar-refractivity contribution in [2.75, 3.05) is 0 Å². The van der Waals surface area contributed by atoms with Gasteiger partial charge in [0.05, 0.1) is 0 Å². The monoisotopic (exact) mass is 112 g/mol. The van der Waals surface area contributed by atoms with Crippen molar-refractivity contribution in [3.05, 3.63) is 12.6 Å². The van der Waals surface area contributed by atoms with Crippen LogP contribution in [-0.4, -0.2) is 18.2 Å². The van der Waals surface area contributed by atoms with E-state index < -0.39 is 7.12 Å². The van der Waals surface area contributed by atoms with Crippen LogP contribution in [0.4, 0.5) is 0 Å². The molecule has 1 aliphatic rings. The highest BCUT2D eigenvalue weighted by Crippen LogP contribution is 2.23. The molecule has 3 heteroatoms. The normalized spacial score (nSPS) is 18.1. The summed E-state index contributed by atoms with van der Waals surface area (Å²) >= 11 is 0. The van der Waals surface area contributed by atoms with Gasteiger partial charge in [-0.1, -0.05) is 5.98 Å². The Morgan fingerprint density at radius 3 is 2.75 bits per heavy atom. The number of rotatable bonds is 3. The van der Waals surface area contributed by atoms with E-state index in [1.54, 1.807) is 0 Å². The summed E-state index contributed by atoms with van der Waals surface area (Å²) in [6, 6.07) is 0. The van der Waals surface area contributed by atoms with E-state index in [4.69, 9.17) is 9.68 Å². The molecule has 44 valence electrons. The summed E-state index contributed by atoms with van der Waals surface area (Å²) in [6.07, 6.45) is 2.48. The summed E-state index contributed by atoms with van der Waals surface area (Å²) in [5.41, 5.74) is 0. The molecule has 1 aliphatic carbocycles. The zero-order valence-corrected chi connectivity index (χ0v) is 4.71. The zero-order valence-electron chi connectivity index (χ0n) is 4.71. The highest BCUT2D eigenvalue weighted by molar-refractivity contribution is 6.49. The van der Waals surface area contributed by atoms with Crippen molar-refractivity contribution >= 4 is 7.12 Å². The lowest BCUT2D eigenvalue weighted by atomic mass is 9.92. The molecule has 0 amide bonds. The van der Waals surface area contributed by atoms with Crippen LogP contribution in [0.5, 0.6) is 0 Å². The second kappa shape index (κ2) is 2.33. The molecular formula is C5H9BO2. The van der Waals surface area contributed by atoms with E-state index in [-0.39, 0.29) is 0 Å². The number of hydrogen-bond acceptors (Lipinski definition) is 2. The van der Waals surface area contributed by atoms with E-state index in [9.17, 15) is 0 Å². The lowest BCUT2D eigenvalue weighted by Gasteiger charge is -1.98. The van der Waals surface area contributed by atoms with Gasteiger partial charge in [0.25, 0.3) is 0 Å². The van der Waals surface area contributed by atoms with Gasteiger partial charge >= 0.3 is 7.12 Å². The summed E-state index contributed by atoms with van der Waals surface area (Å²) in [6.45, 7) is 3.37. The fourth-order valence-corrected chi connectivity index (χ4v) is 0.457. The third kappa shape index (κ3) is 1.68. The van der Waals surface area contributed by atoms with Gasteiger partial charge in [-0.3, -0.25) is 0 Å². The molecule has 0 aromatic heterocycles. The topological polar surface area (TPSA) is 29.5 Å². The Morgan fingerprint density at radius 2 is 2.38 bits per heavy atom. The standard InChI is InChI=1S/C5H9BO2/c1-2-6(7)8-5-3-4-5/h2,5,7H,1,3-4H2. The lowest BCUT2D eigenvalue weighted by molar-refractivity contribution is 0.256. The van der Waals surface area contributed by atoms with Gasteiger partial charge in [0.15, 0.2) is 0 Å². The Kier molecular flexibility index (Phi) is 1.71. The van der Waals surface area contributed by atoms with E-state index in [1.165, 1.54) is 5.98 Å². The maximum absolute atomic E-state index is 8.73. The Balaban J connectivity index is 2.06. The smallest absolute Gasteiger partial charge is 0.423 e. The molecule has 0 aliphatic heterocycles. The summed E-state index contributed by atoms with van der Waals surface area (Å²) in [7, 11) is -0.748. The van der Waals surface area contributed by atoms with Gasteiger partial charge in [0, 0.05) is 6.10 Å². The Bertz CT molecular complexity index is 90.4. The molecule has 1 fully saturated rings. The van der Waals surface area contributed by atoms with Gasteiger partial charge in [-0.15, -0.1) is 6.58 Å². The fraction of sp³-hybridized carbons (Fsp3) is 0.600. The molecule has 1 N–H and O–H groups in total. The van der Waals surface area contributed by atoms with Gasteiger partial charge in [-0.05, 0) is 12.8 Å². The Hall–Kier alpha value is -0.275. The van der Waals surface area contributed by atoms with Crippen molar-refractivity contribution < 1.29 is 9.68 Å². The third-order valence-corrected chi connectivity index (χ3v) is 1.06. The quantitative estimate of drug-likeness (QED) is 0.534. The van der Waals surface area contributed by atoms with Crippen LogP contribution < -0.4 is 0 Å². The van der Waals surface area contributed by atoms with Crippen molar-refractivity contribution in [3.8, 4) is 0 Å². The first kappa shape index (κ1) is 5.85. The largest absolute Gasteiger partial charge is 0.483 e. The van der Waals surface area contributed by atoms with Crippen LogP contribution in [0.3, 0.4) is 0 Å². The van der Waals surface area contributed by atoms with Gasteiger partial charge in [-0.2, -0.15) is 0 Å². The molecule has 0 saturated heterocycles. The highest BCUT2D eigenvalue weighted by Gasteiger charge is 2.25. The molecule has 8 heavy (non-hydrogen) atoms. The fourth-order valence-electron chi connectivity index (χ4n) is 0.457. The molecule has 2 nitrogen and oxygen atoms in total. The second-order valence-corrected chi connectivity index (χ2v) is 1.96. The van der Waals surface area contributed by atoms with Gasteiger partial charge in [0.2, 0.25) is 0 Å². The first-order valence-corrected chi connectivity index (χ1v) is 2.79. The van der Waals surface area contributed by atoms with E-state index in [2.05, 4.69) is 6.58 Å². The minimum absolute atomic E-state index is 0.308. The molecule has 0 aromatic carbocycles. The third-order valence-electron chi connectivity index (χ3n) is 1.06. The van der Waals surface area contributed by atoms with Gasteiger partial charge < -0.3 is 9.68 Å². The van der Waals surface area contributed by atoms with Crippen molar-refractivity contribution in [2.24, 2.45) is 0 Å². The summed E-state index contributed by atoms with van der Waals surface area (Å²) in [4.78, 5) is 0. The molecular weight excluding hydrogens is 103 g/mol. The predicted octanol–water partition coefficient (Wildman–Crippen LogP) is 0.371. The number of hydrogen-bond donors (Lipinski definition) is 1. The van der Waals surface area contributed by atoms with E-state index in [1.807, 2.05) is 0 Å². The molecule has 1 saturated carbocycles. The predicted molar refractivity (Wildman–Crippen MR) is 32.3 cm³/mol. The molecule has 0 radical (unpaired) electrons. The molecule has 0 unspecified atom stereocenters. The first-order valence-electron chi connectivity index (χ1n) is 2.79.